The maximum absolute atomic E-state index is 2.40. The Hall–Kier alpha value is -1.86. The van der Waals surface area contributed by atoms with Gasteiger partial charge in [-0.15, -0.1) is 0 Å². The third-order valence-corrected chi connectivity index (χ3v) is 7.35. The molecule has 0 atom stereocenters. The second-order valence-electron chi connectivity index (χ2n) is 4.32. The molecule has 2 aromatic rings. The van der Waals surface area contributed by atoms with Crippen LogP contribution in [0.1, 0.15) is 0 Å². The highest BCUT2D eigenvalue weighted by atomic mass is 28.3. The van der Waals surface area contributed by atoms with E-state index >= 15 is 0 Å². The summed E-state index contributed by atoms with van der Waals surface area (Å²) in [6.07, 6.45) is 4.37. The highest BCUT2D eigenvalue weighted by Gasteiger charge is 2.33. The van der Waals surface area contributed by atoms with Gasteiger partial charge in [0, 0.05) is 0 Å². The van der Waals surface area contributed by atoms with Crippen LogP contribution in [0.25, 0.3) is 0 Å². The smallest absolute Gasteiger partial charge is 0.0823 e. The van der Waals surface area contributed by atoms with Crippen molar-refractivity contribution in [3.05, 3.63) is 84.2 Å². The van der Waals surface area contributed by atoms with Crippen LogP contribution in [0.5, 0.6) is 0 Å². The van der Waals surface area contributed by atoms with Gasteiger partial charge in [-0.05, 0) is 10.4 Å². The van der Waals surface area contributed by atoms with E-state index in [2.05, 4.69) is 84.2 Å². The third-order valence-electron chi connectivity index (χ3n) is 3.33. The van der Waals surface area contributed by atoms with Gasteiger partial charge in [0.25, 0.3) is 0 Å². The maximum atomic E-state index is 2.40. The van der Waals surface area contributed by atoms with Crippen LogP contribution < -0.4 is 10.4 Å². The van der Waals surface area contributed by atoms with E-state index in [9.17, 15) is 0 Å². The Bertz CT molecular complexity index is 499. The molecule has 0 amide bonds. The van der Waals surface area contributed by atoms with E-state index in [4.69, 9.17) is 0 Å². The Kier molecular flexibility index (Phi) is 2.54. The Balaban J connectivity index is 2.19. The highest BCUT2D eigenvalue weighted by Crippen LogP contribution is 2.14. The van der Waals surface area contributed by atoms with Gasteiger partial charge in [-0.1, -0.05) is 84.2 Å². The Labute approximate surface area is 103 Å². The average Bonchev–Trinajstić information content (AvgIpc) is 2.91. The second kappa shape index (κ2) is 4.19. The van der Waals surface area contributed by atoms with Crippen LogP contribution >= 0.6 is 0 Å². The van der Waals surface area contributed by atoms with Crippen molar-refractivity contribution in [1.29, 1.82) is 0 Å². The summed E-state index contributed by atoms with van der Waals surface area (Å²) in [5, 5.41) is 2.91. The molecule has 0 bridgehead atoms. The molecule has 0 spiro atoms. The molecule has 1 heteroatoms. The Morgan fingerprint density at radius 3 is 1.35 bits per heavy atom. The molecule has 0 aromatic heterocycles. The molecule has 0 nitrogen and oxygen atoms in total. The molecular formula is C16H14Si. The molecular weight excluding hydrogens is 220 g/mol. The van der Waals surface area contributed by atoms with Crippen molar-refractivity contribution in [3.8, 4) is 0 Å². The van der Waals surface area contributed by atoms with Crippen LogP contribution in [0.2, 0.25) is 0 Å². The number of allylic oxidation sites excluding steroid dienone is 2. The summed E-state index contributed by atoms with van der Waals surface area (Å²) >= 11 is 0. The minimum absolute atomic E-state index is 1.45. The van der Waals surface area contributed by atoms with Crippen LogP contribution in [0.15, 0.2) is 84.2 Å². The van der Waals surface area contributed by atoms with E-state index in [-0.39, 0.29) is 0 Å². The van der Waals surface area contributed by atoms with Gasteiger partial charge in [0.15, 0.2) is 8.07 Å². The van der Waals surface area contributed by atoms with Crippen LogP contribution in [-0.2, 0) is 0 Å². The molecule has 2 aromatic carbocycles. The molecule has 0 saturated carbocycles. The zero-order valence-electron chi connectivity index (χ0n) is 9.58. The minimum Gasteiger partial charge on any atom is -0.0823 e. The van der Waals surface area contributed by atoms with E-state index in [0.717, 1.165) is 0 Å². The van der Waals surface area contributed by atoms with Crippen molar-refractivity contribution < 1.29 is 0 Å². The topological polar surface area (TPSA) is 0 Å². The molecule has 1 aliphatic rings. The summed E-state index contributed by atoms with van der Waals surface area (Å²) in [5.41, 5.74) is 4.80. The van der Waals surface area contributed by atoms with E-state index in [1.807, 2.05) is 0 Å². The van der Waals surface area contributed by atoms with Crippen molar-refractivity contribution in [2.75, 3.05) is 0 Å². The first kappa shape index (κ1) is 10.3. The normalized spacial score (nSPS) is 16.2. The molecule has 0 saturated heterocycles. The first-order chi connectivity index (χ1) is 8.42. The molecule has 0 N–H and O–H groups in total. The van der Waals surface area contributed by atoms with Crippen molar-refractivity contribution in [3.63, 3.8) is 0 Å². The number of benzene rings is 2. The van der Waals surface area contributed by atoms with Crippen LogP contribution in [0.3, 0.4) is 0 Å². The van der Waals surface area contributed by atoms with Gasteiger partial charge in [-0.25, -0.2) is 0 Å². The predicted octanol–water partition coefficient (Wildman–Crippen LogP) is 2.45. The van der Waals surface area contributed by atoms with E-state index in [1.165, 1.54) is 10.4 Å². The lowest BCUT2D eigenvalue weighted by molar-refractivity contribution is 1.71. The molecule has 0 aliphatic carbocycles. The molecule has 0 fully saturated rings. The monoisotopic (exact) mass is 234 g/mol. The summed E-state index contributed by atoms with van der Waals surface area (Å²) in [4.78, 5) is 0. The van der Waals surface area contributed by atoms with Crippen LogP contribution in [0, 0.1) is 0 Å². The Morgan fingerprint density at radius 1 is 0.529 bits per heavy atom. The summed E-state index contributed by atoms with van der Waals surface area (Å²) in [6.45, 7) is 0. The maximum Gasteiger partial charge on any atom is 0.165 e. The summed E-state index contributed by atoms with van der Waals surface area (Å²) < 4.78 is 0. The lowest BCUT2D eigenvalue weighted by Crippen LogP contribution is -2.54. The van der Waals surface area contributed by atoms with Crippen LogP contribution in [0.4, 0.5) is 0 Å². The number of hydrogen-bond donors (Lipinski definition) is 0. The molecule has 1 aliphatic heterocycles. The largest absolute Gasteiger partial charge is 0.165 e. The molecule has 82 valence electrons. The van der Waals surface area contributed by atoms with E-state index in [1.54, 1.807) is 0 Å². The third kappa shape index (κ3) is 1.69. The van der Waals surface area contributed by atoms with Crippen molar-refractivity contribution in [1.82, 2.24) is 0 Å². The molecule has 1 heterocycles. The molecule has 3 rings (SSSR count). The van der Waals surface area contributed by atoms with E-state index < -0.39 is 8.07 Å². The lowest BCUT2D eigenvalue weighted by Gasteiger charge is -2.24. The first-order valence-electron chi connectivity index (χ1n) is 5.90. The summed E-state index contributed by atoms with van der Waals surface area (Å²) in [6, 6.07) is 21.7. The van der Waals surface area contributed by atoms with Gasteiger partial charge in [-0.3, -0.25) is 0 Å². The zero-order chi connectivity index (χ0) is 11.6. The average molecular weight is 234 g/mol. The minimum atomic E-state index is -1.75. The quantitative estimate of drug-likeness (QED) is 0.700. The molecule has 0 radical (unpaired) electrons. The first-order valence-corrected chi connectivity index (χ1v) is 8.05. The van der Waals surface area contributed by atoms with Crippen molar-refractivity contribution in [2.45, 2.75) is 0 Å². The standard InChI is InChI=1S/C16H14Si/c1-3-9-15(10-4-1)17(13-7-8-14-17)16-11-5-2-6-12-16/h1-14H. The fourth-order valence-electron chi connectivity index (χ4n) is 2.45. The van der Waals surface area contributed by atoms with Gasteiger partial charge in [0.1, 0.15) is 0 Å². The van der Waals surface area contributed by atoms with Crippen molar-refractivity contribution >= 4 is 18.4 Å². The second-order valence-corrected chi connectivity index (χ2v) is 7.88. The summed E-state index contributed by atoms with van der Waals surface area (Å²) in [5.74, 6) is 0. The molecule has 17 heavy (non-hydrogen) atoms. The predicted molar refractivity (Wildman–Crippen MR) is 76.2 cm³/mol. The van der Waals surface area contributed by atoms with Crippen molar-refractivity contribution in [2.24, 2.45) is 0 Å². The zero-order valence-corrected chi connectivity index (χ0v) is 10.6. The fraction of sp³-hybridized carbons (Fsp3) is 0. The number of hydrogen-bond acceptors (Lipinski definition) is 0. The Morgan fingerprint density at radius 2 is 0.941 bits per heavy atom. The van der Waals surface area contributed by atoms with Crippen LogP contribution in [-0.4, -0.2) is 8.07 Å². The highest BCUT2D eigenvalue weighted by molar-refractivity contribution is 7.10. The van der Waals surface area contributed by atoms with Gasteiger partial charge in [-0.2, -0.15) is 0 Å². The van der Waals surface area contributed by atoms with Gasteiger partial charge < -0.3 is 0 Å². The summed E-state index contributed by atoms with van der Waals surface area (Å²) in [7, 11) is -1.75. The molecule has 0 unspecified atom stereocenters. The van der Waals surface area contributed by atoms with Gasteiger partial charge in [0.05, 0.1) is 0 Å². The van der Waals surface area contributed by atoms with Gasteiger partial charge >= 0.3 is 0 Å². The fourth-order valence-corrected chi connectivity index (χ4v) is 5.98. The number of rotatable bonds is 2. The SMILES string of the molecule is C1=C[Si](c2ccccc2)(c2ccccc2)C=C1. The van der Waals surface area contributed by atoms with Gasteiger partial charge in [0.2, 0.25) is 0 Å². The van der Waals surface area contributed by atoms with E-state index in [0.29, 0.717) is 0 Å². The lowest BCUT2D eigenvalue weighted by atomic mass is 10.4.